The van der Waals surface area contributed by atoms with Crippen LogP contribution in [0.15, 0.2) is 105 Å². The molecule has 1 saturated heterocycles. The van der Waals surface area contributed by atoms with Crippen molar-refractivity contribution in [2.45, 2.75) is 16.2 Å². The second kappa shape index (κ2) is 11.1. The maximum Gasteiger partial charge on any atom is 0.305 e. The van der Waals surface area contributed by atoms with E-state index < -0.39 is 17.1 Å². The first-order chi connectivity index (χ1) is 20.9. The Balaban J connectivity index is 1.21. The molecule has 0 radical (unpaired) electrons. The van der Waals surface area contributed by atoms with Gasteiger partial charge in [0.2, 0.25) is 11.8 Å². The Kier molecular flexibility index (Phi) is 7.16. The molecule has 3 amide bonds. The molecule has 4 aromatic carbocycles. The van der Waals surface area contributed by atoms with Gasteiger partial charge in [-0.15, -0.1) is 0 Å². The molecule has 11 heteroatoms. The third-order valence-corrected chi connectivity index (χ3v) is 10.4. The summed E-state index contributed by atoms with van der Waals surface area (Å²) in [7, 11) is 0. The van der Waals surface area contributed by atoms with Gasteiger partial charge in [0.1, 0.15) is 11.0 Å². The number of aromatic nitrogens is 1. The molecule has 3 atom stereocenters. The van der Waals surface area contributed by atoms with Gasteiger partial charge in [0.25, 0.3) is 5.91 Å². The number of aromatic amines is 1. The van der Waals surface area contributed by atoms with Crippen LogP contribution in [0.4, 0.5) is 11.4 Å². The second-order valence-corrected chi connectivity index (χ2v) is 13.3. The van der Waals surface area contributed by atoms with Crippen LogP contribution in [0.5, 0.6) is 5.75 Å². The highest BCUT2D eigenvalue weighted by Crippen LogP contribution is 2.54. The van der Waals surface area contributed by atoms with Crippen molar-refractivity contribution in [1.29, 1.82) is 0 Å². The number of H-pyrrole nitrogens is 1. The predicted molar refractivity (Wildman–Crippen MR) is 171 cm³/mol. The number of ether oxygens (including phenoxy) is 1. The fourth-order valence-corrected chi connectivity index (χ4v) is 8.57. The molecule has 1 fully saturated rings. The lowest BCUT2D eigenvalue weighted by Gasteiger charge is -2.31. The Labute approximate surface area is 262 Å². The van der Waals surface area contributed by atoms with E-state index in [9.17, 15) is 19.2 Å². The number of thioether (sulfide) groups is 1. The number of fused-ring (bicyclic) bond motifs is 3. The number of rotatable bonds is 6. The van der Waals surface area contributed by atoms with E-state index in [2.05, 4.69) is 26.2 Å². The fraction of sp³-hybridized carbons (Fsp3) is 0.125. The summed E-state index contributed by atoms with van der Waals surface area (Å²) >= 11 is 5.77. The fourth-order valence-electron chi connectivity index (χ4n) is 5.68. The normalized spacial score (nSPS) is 19.3. The van der Waals surface area contributed by atoms with Gasteiger partial charge in [-0.2, -0.15) is 0 Å². The molecule has 5 aromatic rings. The maximum absolute atomic E-state index is 14.0. The first-order valence-corrected chi connectivity index (χ1v) is 15.9. The molecule has 43 heavy (non-hydrogen) atoms. The first-order valence-electron chi connectivity index (χ1n) is 13.4. The number of nitrogens with zero attached hydrogens (tertiary/aromatic N) is 1. The topological polar surface area (TPSA) is 109 Å². The van der Waals surface area contributed by atoms with Gasteiger partial charge < -0.3 is 15.0 Å². The Morgan fingerprint density at radius 3 is 2.49 bits per heavy atom. The van der Waals surface area contributed by atoms with Gasteiger partial charge >= 0.3 is 4.87 Å². The summed E-state index contributed by atoms with van der Waals surface area (Å²) < 4.78 is 6.81. The molecule has 2 aliphatic rings. The summed E-state index contributed by atoms with van der Waals surface area (Å²) in [6.45, 7) is -0.281. The molecule has 0 spiro atoms. The molecule has 3 heterocycles. The zero-order valence-corrected chi connectivity index (χ0v) is 25.5. The zero-order chi connectivity index (χ0) is 29.7. The molecule has 3 unspecified atom stereocenters. The molecule has 0 saturated carbocycles. The summed E-state index contributed by atoms with van der Waals surface area (Å²) in [5.74, 6) is -2.06. The van der Waals surface area contributed by atoms with Crippen LogP contribution in [0.2, 0.25) is 0 Å². The van der Waals surface area contributed by atoms with Crippen LogP contribution >= 0.6 is 39.0 Å². The van der Waals surface area contributed by atoms with E-state index in [1.807, 2.05) is 54.6 Å². The number of halogens is 1. The van der Waals surface area contributed by atoms with E-state index >= 15 is 0 Å². The van der Waals surface area contributed by atoms with Crippen LogP contribution in [0.1, 0.15) is 16.4 Å². The minimum absolute atomic E-state index is 0.269. The summed E-state index contributed by atoms with van der Waals surface area (Å²) in [5.41, 5.74) is 1.75. The van der Waals surface area contributed by atoms with Crippen LogP contribution < -0.4 is 19.8 Å². The third kappa shape index (κ3) is 5.07. The lowest BCUT2D eigenvalue weighted by molar-refractivity contribution is -0.122. The molecule has 1 aromatic heterocycles. The van der Waals surface area contributed by atoms with Crippen LogP contribution in [-0.4, -0.2) is 34.6 Å². The van der Waals surface area contributed by atoms with E-state index in [1.54, 1.807) is 36.4 Å². The standard InChI is InChI=1S/C32H22BrN3O5S2/c33-19-11-13-23(41-16-24(37)34-20-12-10-17-6-4-5-7-18(17)14-20)22(15-19)25-26-28(42-29-27(25)43-32(40)35-29)31(39)36(30(26)38)21-8-2-1-3-9-21/h1-15,25-26,28H,16H2,(H,34,37)(H,35,40). The van der Waals surface area contributed by atoms with Crippen molar-refractivity contribution in [3.8, 4) is 5.75 Å². The average molecular weight is 673 g/mol. The second-order valence-electron chi connectivity index (χ2n) is 10.2. The minimum Gasteiger partial charge on any atom is -0.483 e. The van der Waals surface area contributed by atoms with Gasteiger partial charge in [-0.1, -0.05) is 87.6 Å². The lowest BCUT2D eigenvalue weighted by atomic mass is 9.82. The number of hydrogen-bond donors (Lipinski definition) is 2. The van der Waals surface area contributed by atoms with Crippen molar-refractivity contribution in [2.24, 2.45) is 5.92 Å². The number of nitrogens with one attached hydrogen (secondary N) is 2. The monoisotopic (exact) mass is 671 g/mol. The first kappa shape index (κ1) is 27.6. The number of hydrogen-bond acceptors (Lipinski definition) is 7. The Bertz CT molecular complexity index is 1980. The van der Waals surface area contributed by atoms with E-state index in [0.29, 0.717) is 32.6 Å². The minimum atomic E-state index is -0.778. The summed E-state index contributed by atoms with van der Waals surface area (Å²) in [6, 6.07) is 27.7. The molecular formula is C32H22BrN3O5S2. The van der Waals surface area contributed by atoms with Crippen LogP contribution in [0, 0.1) is 5.92 Å². The number of carbonyl (C=O) groups excluding carboxylic acids is 3. The third-order valence-electron chi connectivity index (χ3n) is 7.54. The van der Waals surface area contributed by atoms with Gasteiger partial charge in [-0.3, -0.25) is 19.2 Å². The Hall–Kier alpha value is -4.19. The van der Waals surface area contributed by atoms with Crippen molar-refractivity contribution >= 4 is 78.9 Å². The molecule has 2 N–H and O–H groups in total. The van der Waals surface area contributed by atoms with E-state index in [-0.39, 0.29) is 29.2 Å². The molecular weight excluding hydrogens is 650 g/mol. The Morgan fingerprint density at radius 1 is 0.907 bits per heavy atom. The Morgan fingerprint density at radius 2 is 1.67 bits per heavy atom. The highest BCUT2D eigenvalue weighted by Gasteiger charge is 2.56. The number of amides is 3. The number of imide groups is 1. The van der Waals surface area contributed by atoms with Crippen molar-refractivity contribution in [3.05, 3.63) is 116 Å². The highest BCUT2D eigenvalue weighted by atomic mass is 79.9. The lowest BCUT2D eigenvalue weighted by Crippen LogP contribution is -2.32. The number of thiazole rings is 1. The molecule has 0 bridgehead atoms. The molecule has 214 valence electrons. The van der Waals surface area contributed by atoms with Gasteiger partial charge in [0, 0.05) is 26.5 Å². The van der Waals surface area contributed by atoms with Crippen LogP contribution in [-0.2, 0) is 14.4 Å². The summed E-state index contributed by atoms with van der Waals surface area (Å²) in [6.07, 6.45) is 0. The molecule has 2 aliphatic heterocycles. The van der Waals surface area contributed by atoms with Gasteiger partial charge in [0.15, 0.2) is 6.61 Å². The van der Waals surface area contributed by atoms with Crippen molar-refractivity contribution < 1.29 is 19.1 Å². The SMILES string of the molecule is O=C(COc1ccc(Br)cc1C1c2sc(=O)[nH]c2SC2C(=O)N(c3ccccc3)C(=O)C21)Nc1ccc2ccccc2c1. The highest BCUT2D eigenvalue weighted by molar-refractivity contribution is 9.10. The number of para-hydroxylation sites is 1. The molecule has 0 aliphatic carbocycles. The van der Waals surface area contributed by atoms with Crippen molar-refractivity contribution in [3.63, 3.8) is 0 Å². The molecule has 7 rings (SSSR count). The van der Waals surface area contributed by atoms with Crippen molar-refractivity contribution in [2.75, 3.05) is 16.8 Å². The summed E-state index contributed by atoms with van der Waals surface area (Å²) in [5, 5.41) is 4.78. The predicted octanol–water partition coefficient (Wildman–Crippen LogP) is 6.17. The van der Waals surface area contributed by atoms with Crippen molar-refractivity contribution in [1.82, 2.24) is 4.98 Å². The largest absolute Gasteiger partial charge is 0.483 e. The van der Waals surface area contributed by atoms with Gasteiger partial charge in [-0.25, -0.2) is 4.90 Å². The molecule has 8 nitrogen and oxygen atoms in total. The average Bonchev–Trinajstić information content (AvgIpc) is 3.50. The van der Waals surface area contributed by atoms with Gasteiger partial charge in [-0.05, 0) is 53.2 Å². The smallest absolute Gasteiger partial charge is 0.305 e. The number of carbonyl (C=O) groups is 3. The van der Waals surface area contributed by atoms with Crippen LogP contribution in [0.3, 0.4) is 0 Å². The van der Waals surface area contributed by atoms with Gasteiger partial charge in [0.05, 0.1) is 16.6 Å². The quantitative estimate of drug-likeness (QED) is 0.209. The zero-order valence-electron chi connectivity index (χ0n) is 22.3. The van der Waals surface area contributed by atoms with E-state index in [4.69, 9.17) is 4.74 Å². The number of anilines is 2. The number of benzene rings is 4. The maximum atomic E-state index is 14.0. The van der Waals surface area contributed by atoms with Crippen LogP contribution in [0.25, 0.3) is 10.8 Å². The summed E-state index contributed by atoms with van der Waals surface area (Å²) in [4.78, 5) is 57.6. The van der Waals surface area contributed by atoms with E-state index in [0.717, 1.165) is 26.6 Å². The van der Waals surface area contributed by atoms with E-state index in [1.165, 1.54) is 16.7 Å².